The van der Waals surface area contributed by atoms with Crippen LogP contribution in [0.4, 0.5) is 5.69 Å². The van der Waals surface area contributed by atoms with Crippen molar-refractivity contribution in [3.63, 3.8) is 0 Å². The molecule has 0 aliphatic carbocycles. The van der Waals surface area contributed by atoms with E-state index < -0.39 is 34.5 Å². The summed E-state index contributed by atoms with van der Waals surface area (Å²) < 4.78 is 33.3. The van der Waals surface area contributed by atoms with Crippen LogP contribution in [0.25, 0.3) is 0 Å². The number of fused-ring (bicyclic) bond motifs is 1. The van der Waals surface area contributed by atoms with E-state index in [1.54, 1.807) is 47.8 Å². The number of hydrogen-bond acceptors (Lipinski definition) is 7. The smallest absolute Gasteiger partial charge is 0.308 e. The van der Waals surface area contributed by atoms with Gasteiger partial charge >= 0.3 is 5.97 Å². The van der Waals surface area contributed by atoms with Crippen molar-refractivity contribution in [3.05, 3.63) is 82.7 Å². The molecule has 1 N–H and O–H groups in total. The lowest BCUT2D eigenvalue weighted by molar-refractivity contribution is -0.148. The van der Waals surface area contributed by atoms with Crippen LogP contribution >= 0.6 is 11.3 Å². The normalized spacial score (nSPS) is 15.7. The molecule has 8 nitrogen and oxygen atoms in total. The molecule has 1 aliphatic heterocycles. The number of anilines is 1. The molecule has 0 saturated heterocycles. The van der Waals surface area contributed by atoms with E-state index in [0.717, 1.165) is 22.5 Å². The largest absolute Gasteiger partial charge is 0.456 e. The minimum atomic E-state index is -3.80. The van der Waals surface area contributed by atoms with Gasteiger partial charge in [-0.15, -0.1) is 11.3 Å². The Morgan fingerprint density at radius 1 is 1.12 bits per heavy atom. The number of rotatable bonds is 7. The molecule has 34 heavy (non-hydrogen) atoms. The number of nitriles is 1. The molecule has 3 aromatic rings. The van der Waals surface area contributed by atoms with Crippen LogP contribution in [0.2, 0.25) is 0 Å². The Balaban J connectivity index is 1.48. The number of carbonyl (C=O) groups excluding carboxylic acids is 2. The van der Waals surface area contributed by atoms with E-state index >= 15 is 0 Å². The van der Waals surface area contributed by atoms with Crippen LogP contribution in [0, 0.1) is 11.3 Å². The van der Waals surface area contributed by atoms with E-state index in [4.69, 9.17) is 10.00 Å². The fourth-order valence-electron chi connectivity index (χ4n) is 3.89. The first-order valence-electron chi connectivity index (χ1n) is 10.5. The minimum Gasteiger partial charge on any atom is -0.456 e. The van der Waals surface area contributed by atoms with Crippen molar-refractivity contribution in [2.24, 2.45) is 0 Å². The Bertz CT molecular complexity index is 1350. The third-order valence-electron chi connectivity index (χ3n) is 5.47. The van der Waals surface area contributed by atoms with Crippen LogP contribution in [-0.4, -0.2) is 37.8 Å². The zero-order chi connectivity index (χ0) is 24.1. The summed E-state index contributed by atoms with van der Waals surface area (Å²) in [5, 5.41) is 13.4. The van der Waals surface area contributed by atoms with Gasteiger partial charge in [0.2, 0.25) is 0 Å². The first kappa shape index (κ1) is 23.6. The van der Waals surface area contributed by atoms with Gasteiger partial charge in [0.05, 0.1) is 23.7 Å². The fourth-order valence-corrected chi connectivity index (χ4v) is 6.62. The van der Waals surface area contributed by atoms with Crippen LogP contribution in [0.5, 0.6) is 0 Å². The predicted octanol–water partition coefficient (Wildman–Crippen LogP) is 3.48. The van der Waals surface area contributed by atoms with Crippen LogP contribution in [0.3, 0.4) is 0 Å². The first-order valence-corrected chi connectivity index (χ1v) is 12.8. The molecule has 10 heteroatoms. The topological polar surface area (TPSA) is 117 Å². The van der Waals surface area contributed by atoms with Crippen LogP contribution in [-0.2, 0) is 30.8 Å². The number of amides is 1. The average molecular weight is 496 g/mol. The van der Waals surface area contributed by atoms with Crippen molar-refractivity contribution in [3.8, 4) is 6.07 Å². The number of para-hydroxylation sites is 1. The van der Waals surface area contributed by atoms with E-state index in [2.05, 4.69) is 5.32 Å². The maximum Gasteiger partial charge on any atom is 0.308 e. The van der Waals surface area contributed by atoms with E-state index in [1.165, 1.54) is 4.31 Å². The van der Waals surface area contributed by atoms with Crippen molar-refractivity contribution < 1.29 is 22.7 Å². The second-order valence-corrected chi connectivity index (χ2v) is 10.6. The summed E-state index contributed by atoms with van der Waals surface area (Å²) >= 11 is 1.12. The second-order valence-electron chi connectivity index (χ2n) is 7.58. The van der Waals surface area contributed by atoms with Gasteiger partial charge in [0.1, 0.15) is 10.3 Å². The molecule has 0 saturated carbocycles. The summed E-state index contributed by atoms with van der Waals surface area (Å²) in [6.07, 6.45) is 0.302. The standard InChI is InChI=1S/C24H21N3O5S2/c25-15-18-7-2-4-9-20(18)26-22(28)16-32-23(29)14-21-19-8-3-1-6-17(19)11-12-27(21)34(30,31)24-10-5-13-33-24/h1-10,13,21H,11-12,14,16H2,(H,26,28). The third-order valence-corrected chi connectivity index (χ3v) is 8.75. The van der Waals surface area contributed by atoms with Crippen molar-refractivity contribution in [1.29, 1.82) is 5.26 Å². The number of nitrogens with zero attached hydrogens (tertiary/aromatic N) is 2. The number of hydrogen-bond donors (Lipinski definition) is 1. The number of carbonyl (C=O) groups is 2. The molecule has 1 aromatic heterocycles. The number of thiophene rings is 1. The highest BCUT2D eigenvalue weighted by molar-refractivity contribution is 7.91. The number of sulfonamides is 1. The minimum absolute atomic E-state index is 0.209. The molecular formula is C24H21N3O5S2. The fraction of sp³-hybridized carbons (Fsp3) is 0.208. The molecule has 4 rings (SSSR count). The molecule has 0 bridgehead atoms. The molecule has 0 radical (unpaired) electrons. The van der Waals surface area contributed by atoms with Crippen molar-refractivity contribution in [1.82, 2.24) is 4.31 Å². The summed E-state index contributed by atoms with van der Waals surface area (Å²) in [5.74, 6) is -1.29. The lowest BCUT2D eigenvalue weighted by atomic mass is 9.92. The quantitative estimate of drug-likeness (QED) is 0.502. The van der Waals surface area contributed by atoms with Gasteiger partial charge in [-0.3, -0.25) is 9.59 Å². The Morgan fingerprint density at radius 3 is 2.65 bits per heavy atom. The molecule has 2 aromatic carbocycles. The average Bonchev–Trinajstić information content (AvgIpc) is 3.39. The zero-order valence-corrected chi connectivity index (χ0v) is 19.6. The monoisotopic (exact) mass is 495 g/mol. The van der Waals surface area contributed by atoms with Gasteiger partial charge in [-0.25, -0.2) is 8.42 Å². The van der Waals surface area contributed by atoms with Crippen molar-refractivity contribution in [2.45, 2.75) is 23.1 Å². The Morgan fingerprint density at radius 2 is 1.88 bits per heavy atom. The molecule has 1 aliphatic rings. The number of ether oxygens (including phenoxy) is 1. The van der Waals surface area contributed by atoms with Gasteiger partial charge in [-0.1, -0.05) is 42.5 Å². The predicted molar refractivity (Wildman–Crippen MR) is 126 cm³/mol. The van der Waals surface area contributed by atoms with Gasteiger partial charge < -0.3 is 10.1 Å². The summed E-state index contributed by atoms with van der Waals surface area (Å²) in [5.41, 5.74) is 2.33. The van der Waals surface area contributed by atoms with Crippen molar-refractivity contribution in [2.75, 3.05) is 18.5 Å². The number of nitrogens with one attached hydrogen (secondary N) is 1. The highest BCUT2D eigenvalue weighted by atomic mass is 32.2. The maximum absolute atomic E-state index is 13.3. The molecule has 174 valence electrons. The highest BCUT2D eigenvalue weighted by Gasteiger charge is 2.38. The van der Waals surface area contributed by atoms with E-state index in [9.17, 15) is 18.0 Å². The Labute approximate surface area is 201 Å². The number of esters is 1. The van der Waals surface area contributed by atoms with Crippen LogP contribution in [0.15, 0.2) is 70.3 Å². The second kappa shape index (κ2) is 10.2. The molecule has 1 amide bonds. The van der Waals surface area contributed by atoms with E-state index in [-0.39, 0.29) is 22.7 Å². The van der Waals surface area contributed by atoms with Gasteiger partial charge in [0, 0.05) is 6.54 Å². The van der Waals surface area contributed by atoms with Crippen LogP contribution < -0.4 is 5.32 Å². The SMILES string of the molecule is N#Cc1ccccc1NC(=O)COC(=O)CC1c2ccccc2CCN1S(=O)(=O)c1cccs1. The summed E-state index contributed by atoms with van der Waals surface area (Å²) in [6, 6.07) is 18.3. The van der Waals surface area contributed by atoms with E-state index in [0.29, 0.717) is 12.1 Å². The molecule has 0 spiro atoms. The summed E-state index contributed by atoms with van der Waals surface area (Å²) in [6.45, 7) is -0.314. The lowest BCUT2D eigenvalue weighted by Crippen LogP contribution is -2.41. The van der Waals surface area contributed by atoms with Gasteiger partial charge in [-0.2, -0.15) is 9.57 Å². The molecular weight excluding hydrogens is 474 g/mol. The Kier molecular flexibility index (Phi) is 7.07. The molecule has 2 heterocycles. The van der Waals surface area contributed by atoms with Crippen LogP contribution in [0.1, 0.15) is 29.2 Å². The number of benzene rings is 2. The molecule has 1 atom stereocenters. The Hall–Kier alpha value is -3.52. The zero-order valence-electron chi connectivity index (χ0n) is 18.0. The van der Waals surface area contributed by atoms with Gasteiger partial charge in [-0.05, 0) is 41.1 Å². The molecule has 0 fully saturated rings. The lowest BCUT2D eigenvalue weighted by Gasteiger charge is -2.35. The van der Waals surface area contributed by atoms with Gasteiger partial charge in [0.15, 0.2) is 6.61 Å². The summed E-state index contributed by atoms with van der Waals surface area (Å²) in [7, 11) is -3.80. The van der Waals surface area contributed by atoms with Crippen molar-refractivity contribution >= 4 is 38.9 Å². The first-order chi connectivity index (χ1) is 16.4. The van der Waals surface area contributed by atoms with Gasteiger partial charge in [0.25, 0.3) is 15.9 Å². The molecule has 1 unspecified atom stereocenters. The summed E-state index contributed by atoms with van der Waals surface area (Å²) in [4.78, 5) is 24.9. The van der Waals surface area contributed by atoms with E-state index in [1.807, 2.05) is 24.3 Å². The maximum atomic E-state index is 13.3. The third kappa shape index (κ3) is 5.02. The highest BCUT2D eigenvalue weighted by Crippen LogP contribution is 2.37.